The molecule has 0 amide bonds. The molecular weight excluding hydrogens is 329 g/mol. The molecule has 130 valence electrons. The first-order chi connectivity index (χ1) is 10.9. The molecule has 0 spiro atoms. The van der Waals surface area contributed by atoms with Crippen LogP contribution in [0, 0.1) is 11.6 Å². The highest BCUT2D eigenvalue weighted by Gasteiger charge is 2.39. The summed E-state index contributed by atoms with van der Waals surface area (Å²) in [5.74, 6) is -3.45. The van der Waals surface area contributed by atoms with Crippen molar-refractivity contribution in [3.8, 4) is 11.3 Å². The first-order valence-electron chi connectivity index (χ1n) is 7.17. The molecule has 0 aliphatic heterocycles. The Morgan fingerprint density at radius 1 is 1.04 bits per heavy atom. The lowest BCUT2D eigenvalue weighted by Crippen LogP contribution is -2.23. The summed E-state index contributed by atoms with van der Waals surface area (Å²) in [7, 11) is 0. The second kappa shape index (κ2) is 6.12. The predicted octanol–water partition coefficient (Wildman–Crippen LogP) is 4.92. The van der Waals surface area contributed by atoms with Gasteiger partial charge in [-0.1, -0.05) is 0 Å². The third kappa shape index (κ3) is 3.72. The smallest absolute Gasteiger partial charge is 0.386 e. The zero-order chi connectivity index (χ0) is 18.3. The lowest BCUT2D eigenvalue weighted by Gasteiger charge is -2.23. The van der Waals surface area contributed by atoms with Crippen LogP contribution < -0.4 is 0 Å². The number of hydrogen-bond donors (Lipinski definition) is 1. The minimum absolute atomic E-state index is 0.121. The van der Waals surface area contributed by atoms with E-state index in [0.29, 0.717) is 0 Å². The van der Waals surface area contributed by atoms with E-state index in [4.69, 9.17) is 0 Å². The van der Waals surface area contributed by atoms with E-state index in [1.807, 2.05) is 0 Å². The van der Waals surface area contributed by atoms with Gasteiger partial charge in [-0.3, -0.25) is 0 Å². The van der Waals surface area contributed by atoms with Gasteiger partial charge in [0.25, 0.3) is 0 Å². The summed E-state index contributed by atoms with van der Waals surface area (Å²) in [6.45, 7) is 3.44. The van der Waals surface area contributed by atoms with E-state index in [0.717, 1.165) is 25.1 Å². The van der Waals surface area contributed by atoms with E-state index in [-0.39, 0.29) is 16.8 Å². The normalized spacial score (nSPS) is 13.9. The lowest BCUT2D eigenvalue weighted by atomic mass is 9.93. The standard InChI is InChI=1S/C17H16F5NO/c1-9(17(20,21)22)13-8-12(16(2,3)24)14(19)15(23-13)10-4-6-11(18)7-5-10/h4-9,24H,1-3H3. The van der Waals surface area contributed by atoms with Crippen molar-refractivity contribution in [2.45, 2.75) is 38.5 Å². The number of aliphatic hydroxyl groups is 1. The van der Waals surface area contributed by atoms with Crippen LogP contribution in [-0.4, -0.2) is 16.3 Å². The van der Waals surface area contributed by atoms with E-state index in [9.17, 15) is 27.1 Å². The first kappa shape index (κ1) is 18.3. The van der Waals surface area contributed by atoms with Crippen molar-refractivity contribution in [1.29, 1.82) is 0 Å². The molecule has 0 bridgehead atoms. The zero-order valence-electron chi connectivity index (χ0n) is 13.2. The molecule has 2 nitrogen and oxygen atoms in total. The third-order valence-electron chi connectivity index (χ3n) is 3.69. The van der Waals surface area contributed by atoms with Crippen LogP contribution in [-0.2, 0) is 5.60 Å². The SMILES string of the molecule is CC(c1cc(C(C)(C)O)c(F)c(-c2ccc(F)cc2)n1)C(F)(F)F. The predicted molar refractivity (Wildman–Crippen MR) is 79.3 cm³/mol. The number of benzene rings is 1. The minimum Gasteiger partial charge on any atom is -0.386 e. The second-order valence-electron chi connectivity index (χ2n) is 6.09. The van der Waals surface area contributed by atoms with Crippen LogP contribution in [0.4, 0.5) is 22.0 Å². The Morgan fingerprint density at radius 2 is 1.58 bits per heavy atom. The van der Waals surface area contributed by atoms with Gasteiger partial charge in [-0.15, -0.1) is 0 Å². The summed E-state index contributed by atoms with van der Waals surface area (Å²) in [4.78, 5) is 3.78. The average Bonchev–Trinajstić information content (AvgIpc) is 2.45. The Kier molecular flexibility index (Phi) is 4.68. The molecule has 0 saturated heterocycles. The van der Waals surface area contributed by atoms with Crippen LogP contribution in [0.1, 0.15) is 37.9 Å². The average molecular weight is 345 g/mol. The summed E-state index contributed by atoms with van der Waals surface area (Å²) >= 11 is 0. The fraction of sp³-hybridized carbons (Fsp3) is 0.353. The Morgan fingerprint density at radius 3 is 2.04 bits per heavy atom. The van der Waals surface area contributed by atoms with Gasteiger partial charge >= 0.3 is 6.18 Å². The van der Waals surface area contributed by atoms with Crippen LogP contribution in [0.25, 0.3) is 11.3 Å². The van der Waals surface area contributed by atoms with Crippen LogP contribution >= 0.6 is 0 Å². The number of alkyl halides is 3. The Balaban J connectivity index is 2.72. The topological polar surface area (TPSA) is 33.1 Å². The van der Waals surface area contributed by atoms with Gasteiger partial charge in [-0.05, 0) is 51.1 Å². The molecule has 0 saturated carbocycles. The van der Waals surface area contributed by atoms with Crippen LogP contribution in [0.3, 0.4) is 0 Å². The molecule has 2 aromatic rings. The summed E-state index contributed by atoms with van der Waals surface area (Å²) in [6.07, 6.45) is -4.57. The molecule has 7 heteroatoms. The van der Waals surface area contributed by atoms with Crippen molar-refractivity contribution in [1.82, 2.24) is 4.98 Å². The maximum Gasteiger partial charge on any atom is 0.396 e. The van der Waals surface area contributed by atoms with Gasteiger partial charge in [0.15, 0.2) is 5.82 Å². The van der Waals surface area contributed by atoms with E-state index in [1.165, 1.54) is 26.0 Å². The Labute approximate surface area is 136 Å². The summed E-state index contributed by atoms with van der Waals surface area (Å²) in [5, 5.41) is 10.1. The van der Waals surface area contributed by atoms with Gasteiger partial charge in [0.2, 0.25) is 0 Å². The van der Waals surface area contributed by atoms with Crippen molar-refractivity contribution in [3.05, 3.63) is 53.2 Å². The number of rotatable bonds is 3. The van der Waals surface area contributed by atoms with Gasteiger partial charge in [-0.25, -0.2) is 13.8 Å². The molecule has 0 radical (unpaired) electrons. The van der Waals surface area contributed by atoms with Crippen molar-refractivity contribution in [3.63, 3.8) is 0 Å². The van der Waals surface area contributed by atoms with Crippen molar-refractivity contribution in [2.75, 3.05) is 0 Å². The van der Waals surface area contributed by atoms with Crippen LogP contribution in [0.15, 0.2) is 30.3 Å². The molecule has 1 aromatic carbocycles. The minimum atomic E-state index is -4.57. The molecule has 1 aromatic heterocycles. The van der Waals surface area contributed by atoms with E-state index >= 15 is 0 Å². The lowest BCUT2D eigenvalue weighted by molar-refractivity contribution is -0.147. The van der Waals surface area contributed by atoms with Crippen molar-refractivity contribution >= 4 is 0 Å². The Hall–Kier alpha value is -2.02. The number of pyridine rings is 1. The highest BCUT2D eigenvalue weighted by Crippen LogP contribution is 2.37. The second-order valence-corrected chi connectivity index (χ2v) is 6.09. The van der Waals surface area contributed by atoms with Crippen molar-refractivity contribution < 1.29 is 27.1 Å². The van der Waals surface area contributed by atoms with Gasteiger partial charge in [0, 0.05) is 11.1 Å². The number of halogens is 5. The summed E-state index contributed by atoms with van der Waals surface area (Å²) in [6, 6.07) is 5.47. The van der Waals surface area contributed by atoms with Crippen LogP contribution in [0.5, 0.6) is 0 Å². The fourth-order valence-corrected chi connectivity index (χ4v) is 2.18. The van der Waals surface area contributed by atoms with Crippen LogP contribution in [0.2, 0.25) is 0 Å². The molecule has 2 rings (SSSR count). The monoisotopic (exact) mass is 345 g/mol. The third-order valence-corrected chi connectivity index (χ3v) is 3.69. The molecule has 0 aliphatic rings. The van der Waals surface area contributed by atoms with E-state index < -0.39 is 35.0 Å². The van der Waals surface area contributed by atoms with Gasteiger partial charge in [0.1, 0.15) is 11.5 Å². The fourth-order valence-electron chi connectivity index (χ4n) is 2.18. The largest absolute Gasteiger partial charge is 0.396 e. The quantitative estimate of drug-likeness (QED) is 0.801. The molecule has 0 aliphatic carbocycles. The number of nitrogens with zero attached hydrogens (tertiary/aromatic N) is 1. The van der Waals surface area contributed by atoms with Gasteiger partial charge in [0.05, 0.1) is 17.2 Å². The van der Waals surface area contributed by atoms with Gasteiger partial charge in [-0.2, -0.15) is 13.2 Å². The number of aromatic nitrogens is 1. The van der Waals surface area contributed by atoms with E-state index in [1.54, 1.807) is 0 Å². The molecule has 1 N–H and O–H groups in total. The van der Waals surface area contributed by atoms with Gasteiger partial charge < -0.3 is 5.11 Å². The zero-order valence-corrected chi connectivity index (χ0v) is 13.2. The summed E-state index contributed by atoms with van der Waals surface area (Å²) < 4.78 is 66.7. The maximum atomic E-state index is 14.7. The molecule has 1 unspecified atom stereocenters. The first-order valence-corrected chi connectivity index (χ1v) is 7.17. The molecular formula is C17H16F5NO. The highest BCUT2D eigenvalue weighted by molar-refractivity contribution is 5.61. The Bertz CT molecular complexity index is 732. The highest BCUT2D eigenvalue weighted by atomic mass is 19.4. The number of hydrogen-bond acceptors (Lipinski definition) is 2. The molecule has 1 heterocycles. The summed E-state index contributed by atoms with van der Waals surface area (Å²) in [5.41, 5.74) is -2.67. The maximum absolute atomic E-state index is 14.7. The molecule has 24 heavy (non-hydrogen) atoms. The molecule has 1 atom stereocenters. The van der Waals surface area contributed by atoms with Crippen molar-refractivity contribution in [2.24, 2.45) is 0 Å². The molecule has 0 fully saturated rings. The van der Waals surface area contributed by atoms with E-state index in [2.05, 4.69) is 4.98 Å².